The van der Waals surface area contributed by atoms with Gasteiger partial charge in [0.05, 0.1) is 5.56 Å². The number of carboxylic acids is 1. The topological polar surface area (TPSA) is 40.5 Å². The number of carbonyl (C=O) groups is 1. The summed E-state index contributed by atoms with van der Waals surface area (Å²) in [5.74, 6) is -1.88. The molecule has 1 aliphatic heterocycles. The molecule has 0 aliphatic carbocycles. The van der Waals surface area contributed by atoms with Crippen LogP contribution >= 0.6 is 0 Å². The second-order valence-corrected chi connectivity index (χ2v) is 4.10. The number of rotatable bonds is 3. The Morgan fingerprint density at radius 3 is 2.69 bits per heavy atom. The van der Waals surface area contributed by atoms with Gasteiger partial charge in [0.1, 0.15) is 5.82 Å². The van der Waals surface area contributed by atoms with Gasteiger partial charge in [-0.3, -0.25) is 4.90 Å². The van der Waals surface area contributed by atoms with Gasteiger partial charge >= 0.3 is 5.97 Å². The Morgan fingerprint density at radius 2 is 2.06 bits per heavy atom. The first-order valence-electron chi connectivity index (χ1n) is 5.41. The fourth-order valence-electron chi connectivity index (χ4n) is 2.03. The van der Waals surface area contributed by atoms with Crippen molar-refractivity contribution in [1.82, 2.24) is 4.90 Å². The van der Waals surface area contributed by atoms with Crippen LogP contribution in [0, 0.1) is 5.82 Å². The van der Waals surface area contributed by atoms with Crippen molar-refractivity contribution in [2.75, 3.05) is 13.1 Å². The zero-order valence-corrected chi connectivity index (χ0v) is 8.95. The molecule has 0 spiro atoms. The molecule has 0 amide bonds. The van der Waals surface area contributed by atoms with Gasteiger partial charge in [0.25, 0.3) is 0 Å². The summed E-state index contributed by atoms with van der Waals surface area (Å²) in [6.07, 6.45) is 2.37. The molecule has 0 saturated carbocycles. The highest BCUT2D eigenvalue weighted by molar-refractivity contribution is 5.88. The van der Waals surface area contributed by atoms with Gasteiger partial charge in [-0.15, -0.1) is 0 Å². The maximum atomic E-state index is 13.1. The third-order valence-electron chi connectivity index (χ3n) is 2.87. The second-order valence-electron chi connectivity index (χ2n) is 4.10. The summed E-state index contributed by atoms with van der Waals surface area (Å²) in [5.41, 5.74) is 0.623. The van der Waals surface area contributed by atoms with E-state index in [9.17, 15) is 9.18 Å². The van der Waals surface area contributed by atoms with Gasteiger partial charge in [-0.2, -0.15) is 0 Å². The first-order valence-corrected chi connectivity index (χ1v) is 5.41. The SMILES string of the molecule is O=C(O)c1cc(CN2CCCC2)ccc1F. The number of carboxylic acid groups (broad SMARTS) is 1. The Balaban J connectivity index is 2.15. The minimum absolute atomic E-state index is 0.239. The van der Waals surface area contributed by atoms with Crippen LogP contribution < -0.4 is 0 Å². The predicted molar refractivity (Wildman–Crippen MR) is 57.9 cm³/mol. The van der Waals surface area contributed by atoms with Gasteiger partial charge in [-0.05, 0) is 43.6 Å². The summed E-state index contributed by atoms with van der Waals surface area (Å²) in [7, 11) is 0. The molecule has 0 bridgehead atoms. The molecule has 1 saturated heterocycles. The number of benzene rings is 1. The molecule has 1 N–H and O–H groups in total. The van der Waals surface area contributed by atoms with E-state index in [1.165, 1.54) is 25.0 Å². The first kappa shape index (κ1) is 11.1. The monoisotopic (exact) mass is 223 g/mol. The molecule has 0 radical (unpaired) electrons. The van der Waals surface area contributed by atoms with Crippen LogP contribution in [-0.4, -0.2) is 29.1 Å². The third kappa shape index (κ3) is 2.39. The van der Waals surface area contributed by atoms with Crippen LogP contribution in [-0.2, 0) is 6.54 Å². The van der Waals surface area contributed by atoms with Crippen molar-refractivity contribution < 1.29 is 14.3 Å². The lowest BCUT2D eigenvalue weighted by Gasteiger charge is -2.14. The van der Waals surface area contributed by atoms with Gasteiger partial charge < -0.3 is 5.11 Å². The highest BCUT2D eigenvalue weighted by Crippen LogP contribution is 2.15. The van der Waals surface area contributed by atoms with Crippen molar-refractivity contribution in [3.63, 3.8) is 0 Å². The summed E-state index contributed by atoms with van der Waals surface area (Å²) in [6.45, 7) is 2.79. The lowest BCUT2D eigenvalue weighted by Crippen LogP contribution is -2.18. The van der Waals surface area contributed by atoms with E-state index in [0.717, 1.165) is 18.7 Å². The van der Waals surface area contributed by atoms with Crippen molar-refractivity contribution >= 4 is 5.97 Å². The molecular formula is C12H14FNO2. The van der Waals surface area contributed by atoms with Crippen LogP contribution in [0.3, 0.4) is 0 Å². The maximum Gasteiger partial charge on any atom is 0.338 e. The van der Waals surface area contributed by atoms with Crippen LogP contribution in [0.4, 0.5) is 4.39 Å². The van der Waals surface area contributed by atoms with E-state index in [1.54, 1.807) is 6.07 Å². The minimum atomic E-state index is -1.21. The van der Waals surface area contributed by atoms with Crippen LogP contribution in [0.25, 0.3) is 0 Å². The normalized spacial score (nSPS) is 16.6. The second kappa shape index (κ2) is 4.61. The van der Waals surface area contributed by atoms with E-state index >= 15 is 0 Å². The predicted octanol–water partition coefficient (Wildman–Crippen LogP) is 2.12. The molecule has 1 fully saturated rings. The number of hydrogen-bond donors (Lipinski definition) is 1. The summed E-state index contributed by atoms with van der Waals surface area (Å²) < 4.78 is 13.1. The molecule has 1 aromatic rings. The summed E-state index contributed by atoms with van der Waals surface area (Å²) >= 11 is 0. The Bertz CT molecular complexity index is 400. The van der Waals surface area contributed by atoms with E-state index in [1.807, 2.05) is 0 Å². The lowest BCUT2D eigenvalue weighted by molar-refractivity contribution is 0.0691. The number of aromatic carboxylic acids is 1. The summed E-state index contributed by atoms with van der Waals surface area (Å²) in [5, 5.41) is 8.80. The molecule has 16 heavy (non-hydrogen) atoms. The zero-order chi connectivity index (χ0) is 11.5. The zero-order valence-electron chi connectivity index (χ0n) is 8.95. The Kier molecular flexibility index (Phi) is 3.19. The Hall–Kier alpha value is -1.42. The fourth-order valence-corrected chi connectivity index (χ4v) is 2.03. The summed E-state index contributed by atoms with van der Waals surface area (Å²) in [6, 6.07) is 4.31. The van der Waals surface area contributed by atoms with E-state index in [-0.39, 0.29) is 5.56 Å². The third-order valence-corrected chi connectivity index (χ3v) is 2.87. The van der Waals surface area contributed by atoms with Gasteiger partial charge in [-0.25, -0.2) is 9.18 Å². The Morgan fingerprint density at radius 1 is 1.38 bits per heavy atom. The van der Waals surface area contributed by atoms with Gasteiger partial charge in [0.15, 0.2) is 0 Å². The highest BCUT2D eigenvalue weighted by atomic mass is 19.1. The van der Waals surface area contributed by atoms with Crippen molar-refractivity contribution in [1.29, 1.82) is 0 Å². The average molecular weight is 223 g/mol. The first-order chi connectivity index (χ1) is 7.66. The number of likely N-dealkylation sites (tertiary alicyclic amines) is 1. The molecule has 0 aromatic heterocycles. The standard InChI is InChI=1S/C12H14FNO2/c13-11-4-3-9(7-10(11)12(15)16)8-14-5-1-2-6-14/h3-4,7H,1-2,5-6,8H2,(H,15,16). The number of halogens is 1. The van der Waals surface area contributed by atoms with Crippen LogP contribution in [0.2, 0.25) is 0 Å². The smallest absolute Gasteiger partial charge is 0.338 e. The largest absolute Gasteiger partial charge is 0.478 e. The Labute approximate surface area is 93.5 Å². The molecule has 86 valence electrons. The minimum Gasteiger partial charge on any atom is -0.478 e. The molecule has 0 unspecified atom stereocenters. The fraction of sp³-hybridized carbons (Fsp3) is 0.417. The summed E-state index contributed by atoms with van der Waals surface area (Å²) in [4.78, 5) is 13.0. The van der Waals surface area contributed by atoms with Gasteiger partial charge in [0, 0.05) is 6.54 Å². The quantitative estimate of drug-likeness (QED) is 0.853. The molecule has 1 aliphatic rings. The van der Waals surface area contributed by atoms with Gasteiger partial charge in [-0.1, -0.05) is 6.07 Å². The maximum absolute atomic E-state index is 13.1. The molecular weight excluding hydrogens is 209 g/mol. The van der Waals surface area contributed by atoms with Crippen LogP contribution in [0.15, 0.2) is 18.2 Å². The lowest BCUT2D eigenvalue weighted by atomic mass is 10.1. The van der Waals surface area contributed by atoms with Crippen molar-refractivity contribution in [2.45, 2.75) is 19.4 Å². The van der Waals surface area contributed by atoms with Crippen LogP contribution in [0.5, 0.6) is 0 Å². The van der Waals surface area contributed by atoms with Crippen molar-refractivity contribution in [3.8, 4) is 0 Å². The molecule has 4 heteroatoms. The average Bonchev–Trinajstić information content (AvgIpc) is 2.73. The number of hydrogen-bond acceptors (Lipinski definition) is 2. The molecule has 1 heterocycles. The van der Waals surface area contributed by atoms with Gasteiger partial charge in [0.2, 0.25) is 0 Å². The van der Waals surface area contributed by atoms with Crippen LogP contribution in [0.1, 0.15) is 28.8 Å². The van der Waals surface area contributed by atoms with E-state index < -0.39 is 11.8 Å². The van der Waals surface area contributed by atoms with E-state index in [2.05, 4.69) is 4.90 Å². The molecule has 3 nitrogen and oxygen atoms in total. The molecule has 2 rings (SSSR count). The van der Waals surface area contributed by atoms with E-state index in [0.29, 0.717) is 6.54 Å². The number of nitrogens with zero attached hydrogens (tertiary/aromatic N) is 1. The molecule has 1 aromatic carbocycles. The molecule has 0 atom stereocenters. The highest BCUT2D eigenvalue weighted by Gasteiger charge is 2.14. The van der Waals surface area contributed by atoms with E-state index in [4.69, 9.17) is 5.11 Å². The van der Waals surface area contributed by atoms with Crippen molar-refractivity contribution in [3.05, 3.63) is 35.1 Å². The van der Waals surface area contributed by atoms with Crippen molar-refractivity contribution in [2.24, 2.45) is 0 Å².